The fraction of sp³-hybridized carbons (Fsp3) is 0.333. The molecule has 0 saturated heterocycles. The lowest BCUT2D eigenvalue weighted by Gasteiger charge is -2.15. The molecule has 8 nitrogen and oxygen atoms in total. The number of carbonyl (C=O) groups is 2. The summed E-state index contributed by atoms with van der Waals surface area (Å²) in [6, 6.07) is 2.63. The molecule has 1 amide bonds. The van der Waals surface area contributed by atoms with Crippen LogP contribution in [0.2, 0.25) is 0 Å². The Kier molecular flexibility index (Phi) is 6.10. The molecule has 12 heteroatoms. The SMILES string of the molecule is COCCC(NC(=O)c1nnn(-c2cccc(F)c2)c1C(F)(F)F)C(=O)O. The van der Waals surface area contributed by atoms with E-state index in [1.807, 2.05) is 5.32 Å². The second kappa shape index (κ2) is 8.12. The van der Waals surface area contributed by atoms with Crippen LogP contribution in [0.25, 0.3) is 5.69 Å². The summed E-state index contributed by atoms with van der Waals surface area (Å²) >= 11 is 0. The Bertz CT molecular complexity index is 837. The van der Waals surface area contributed by atoms with Crippen molar-refractivity contribution in [2.75, 3.05) is 13.7 Å². The lowest BCUT2D eigenvalue weighted by molar-refractivity contribution is -0.143. The topological polar surface area (TPSA) is 106 Å². The van der Waals surface area contributed by atoms with Gasteiger partial charge < -0.3 is 15.2 Å². The quantitative estimate of drug-likeness (QED) is 0.697. The summed E-state index contributed by atoms with van der Waals surface area (Å²) in [6.07, 6.45) is -5.23. The van der Waals surface area contributed by atoms with Gasteiger partial charge in [0.1, 0.15) is 11.9 Å². The largest absolute Gasteiger partial charge is 0.480 e. The number of amides is 1. The summed E-state index contributed by atoms with van der Waals surface area (Å²) in [5.74, 6) is -3.65. The Morgan fingerprint density at radius 2 is 2.07 bits per heavy atom. The van der Waals surface area contributed by atoms with Crippen LogP contribution < -0.4 is 5.32 Å². The summed E-state index contributed by atoms with van der Waals surface area (Å²) in [5, 5.41) is 17.5. The number of carboxylic acids is 1. The smallest absolute Gasteiger partial charge is 0.435 e. The zero-order valence-electron chi connectivity index (χ0n) is 13.8. The van der Waals surface area contributed by atoms with Crippen LogP contribution in [-0.4, -0.2) is 51.7 Å². The summed E-state index contributed by atoms with van der Waals surface area (Å²) in [7, 11) is 1.30. The third kappa shape index (κ3) is 4.78. The van der Waals surface area contributed by atoms with Crippen molar-refractivity contribution in [1.29, 1.82) is 0 Å². The van der Waals surface area contributed by atoms with E-state index in [9.17, 15) is 27.2 Å². The number of carbonyl (C=O) groups excluding carboxylic acids is 1. The number of benzene rings is 1. The van der Waals surface area contributed by atoms with E-state index in [4.69, 9.17) is 9.84 Å². The van der Waals surface area contributed by atoms with Crippen LogP contribution in [0.1, 0.15) is 22.6 Å². The number of ether oxygens (including phenoxy) is 1. The lowest BCUT2D eigenvalue weighted by atomic mass is 10.2. The number of halogens is 4. The summed E-state index contributed by atoms with van der Waals surface area (Å²) in [5.41, 5.74) is -2.99. The highest BCUT2D eigenvalue weighted by Crippen LogP contribution is 2.32. The number of nitrogens with zero attached hydrogens (tertiary/aromatic N) is 3. The van der Waals surface area contributed by atoms with Gasteiger partial charge >= 0.3 is 12.1 Å². The van der Waals surface area contributed by atoms with Gasteiger partial charge in [-0.3, -0.25) is 4.79 Å². The summed E-state index contributed by atoms with van der Waals surface area (Å²) in [4.78, 5) is 23.3. The minimum atomic E-state index is -5.06. The molecule has 0 aliphatic heterocycles. The predicted octanol–water partition coefficient (Wildman–Crippen LogP) is 1.64. The molecular formula is C15H14F4N4O4. The van der Waals surface area contributed by atoms with Crippen molar-refractivity contribution in [3.8, 4) is 5.69 Å². The third-order valence-corrected chi connectivity index (χ3v) is 3.42. The van der Waals surface area contributed by atoms with E-state index in [1.54, 1.807) is 0 Å². The number of nitrogens with one attached hydrogen (secondary N) is 1. The van der Waals surface area contributed by atoms with Gasteiger partial charge in [0.05, 0.1) is 5.69 Å². The first-order chi connectivity index (χ1) is 12.6. The lowest BCUT2D eigenvalue weighted by Crippen LogP contribution is -2.42. The van der Waals surface area contributed by atoms with Crippen molar-refractivity contribution >= 4 is 11.9 Å². The first kappa shape index (κ1) is 20.3. The van der Waals surface area contributed by atoms with E-state index in [2.05, 4.69) is 10.3 Å². The van der Waals surface area contributed by atoms with Crippen molar-refractivity contribution < 1.29 is 37.0 Å². The molecule has 2 rings (SSSR count). The molecular weight excluding hydrogens is 376 g/mol. The number of hydrogen-bond donors (Lipinski definition) is 2. The molecule has 0 aliphatic rings. The van der Waals surface area contributed by atoms with Crippen molar-refractivity contribution in [2.24, 2.45) is 0 Å². The maximum absolute atomic E-state index is 13.5. The molecule has 1 atom stereocenters. The number of alkyl halides is 3. The molecule has 0 radical (unpaired) electrons. The molecule has 0 saturated carbocycles. The van der Waals surface area contributed by atoms with E-state index < -0.39 is 41.3 Å². The van der Waals surface area contributed by atoms with E-state index >= 15 is 0 Å². The van der Waals surface area contributed by atoms with Crippen molar-refractivity contribution in [1.82, 2.24) is 20.3 Å². The molecule has 2 aromatic rings. The van der Waals surface area contributed by atoms with Gasteiger partial charge in [0.15, 0.2) is 11.4 Å². The Morgan fingerprint density at radius 1 is 1.37 bits per heavy atom. The van der Waals surface area contributed by atoms with Crippen LogP contribution >= 0.6 is 0 Å². The molecule has 2 N–H and O–H groups in total. The van der Waals surface area contributed by atoms with Crippen LogP contribution in [0.4, 0.5) is 17.6 Å². The average Bonchev–Trinajstić information content (AvgIpc) is 3.03. The van der Waals surface area contributed by atoms with Crippen LogP contribution in [0.3, 0.4) is 0 Å². The predicted molar refractivity (Wildman–Crippen MR) is 81.7 cm³/mol. The molecule has 0 bridgehead atoms. The number of aliphatic carboxylic acids is 1. The molecule has 0 fully saturated rings. The minimum absolute atomic E-state index is 0.0423. The Hall–Kier alpha value is -3.02. The van der Waals surface area contributed by atoms with E-state index in [1.165, 1.54) is 7.11 Å². The molecule has 1 aromatic heterocycles. The van der Waals surface area contributed by atoms with Gasteiger partial charge in [-0.05, 0) is 18.2 Å². The monoisotopic (exact) mass is 390 g/mol. The number of aromatic nitrogens is 3. The zero-order valence-corrected chi connectivity index (χ0v) is 13.8. The Morgan fingerprint density at radius 3 is 2.63 bits per heavy atom. The Labute approximate surface area is 149 Å². The number of methoxy groups -OCH3 is 1. The molecule has 0 aliphatic carbocycles. The van der Waals surface area contributed by atoms with E-state index in [-0.39, 0.29) is 23.4 Å². The second-order valence-corrected chi connectivity index (χ2v) is 5.32. The average molecular weight is 390 g/mol. The number of carboxylic acid groups (broad SMARTS) is 1. The molecule has 0 spiro atoms. The van der Waals surface area contributed by atoms with E-state index in [0.29, 0.717) is 0 Å². The fourth-order valence-electron chi connectivity index (χ4n) is 2.20. The fourth-order valence-corrected chi connectivity index (χ4v) is 2.20. The maximum Gasteiger partial charge on any atom is 0.435 e. The standard InChI is InChI=1S/C15H14F4N4O4/c1-27-6-5-10(14(25)26)20-13(24)11-12(15(17,18)19)23(22-21-11)9-4-2-3-8(16)7-9/h2-4,7,10H,5-6H2,1H3,(H,20,24)(H,25,26). The van der Waals surface area contributed by atoms with Gasteiger partial charge in [-0.25, -0.2) is 13.9 Å². The molecule has 1 unspecified atom stereocenters. The minimum Gasteiger partial charge on any atom is -0.480 e. The second-order valence-electron chi connectivity index (χ2n) is 5.32. The highest BCUT2D eigenvalue weighted by atomic mass is 19.4. The molecule has 27 heavy (non-hydrogen) atoms. The number of hydrogen-bond acceptors (Lipinski definition) is 5. The van der Waals surface area contributed by atoms with Gasteiger partial charge in [0.2, 0.25) is 0 Å². The molecule has 1 heterocycles. The van der Waals surface area contributed by atoms with Gasteiger partial charge in [-0.15, -0.1) is 5.10 Å². The highest BCUT2D eigenvalue weighted by molar-refractivity contribution is 5.96. The number of rotatable bonds is 7. The first-order valence-electron chi connectivity index (χ1n) is 7.46. The van der Waals surface area contributed by atoms with Crippen molar-refractivity contribution in [3.05, 3.63) is 41.5 Å². The van der Waals surface area contributed by atoms with Crippen LogP contribution in [0, 0.1) is 5.82 Å². The van der Waals surface area contributed by atoms with Gasteiger partial charge in [-0.2, -0.15) is 13.2 Å². The van der Waals surface area contributed by atoms with Gasteiger partial charge in [0, 0.05) is 20.1 Å². The normalized spacial score (nSPS) is 12.6. The van der Waals surface area contributed by atoms with Crippen molar-refractivity contribution in [2.45, 2.75) is 18.6 Å². The van der Waals surface area contributed by atoms with Crippen LogP contribution in [0.5, 0.6) is 0 Å². The zero-order chi connectivity index (χ0) is 20.2. The summed E-state index contributed by atoms with van der Waals surface area (Å²) < 4.78 is 58.7. The first-order valence-corrected chi connectivity index (χ1v) is 7.46. The Balaban J connectivity index is 2.42. The summed E-state index contributed by atoms with van der Waals surface area (Å²) in [6.45, 7) is -0.0423. The molecule has 1 aromatic carbocycles. The third-order valence-electron chi connectivity index (χ3n) is 3.42. The van der Waals surface area contributed by atoms with Crippen LogP contribution in [0.15, 0.2) is 24.3 Å². The van der Waals surface area contributed by atoms with Crippen LogP contribution in [-0.2, 0) is 15.7 Å². The highest BCUT2D eigenvalue weighted by Gasteiger charge is 2.42. The van der Waals surface area contributed by atoms with E-state index in [0.717, 1.165) is 24.3 Å². The van der Waals surface area contributed by atoms with Gasteiger partial charge in [-0.1, -0.05) is 11.3 Å². The maximum atomic E-state index is 13.5. The molecule has 146 valence electrons. The van der Waals surface area contributed by atoms with Crippen molar-refractivity contribution in [3.63, 3.8) is 0 Å². The van der Waals surface area contributed by atoms with Gasteiger partial charge in [0.25, 0.3) is 5.91 Å².